The second-order valence-electron chi connectivity index (χ2n) is 7.14. The summed E-state index contributed by atoms with van der Waals surface area (Å²) >= 11 is 6.22. The highest BCUT2D eigenvalue weighted by Crippen LogP contribution is 2.27. The van der Waals surface area contributed by atoms with E-state index in [1.54, 1.807) is 24.3 Å². The van der Waals surface area contributed by atoms with E-state index in [4.69, 9.17) is 16.3 Å². The minimum Gasteiger partial charge on any atom is -0.497 e. The van der Waals surface area contributed by atoms with Gasteiger partial charge in [0.15, 0.2) is 0 Å². The lowest BCUT2D eigenvalue weighted by molar-refractivity contribution is 0.102. The Bertz CT molecular complexity index is 1200. The molecule has 0 atom stereocenters. The summed E-state index contributed by atoms with van der Waals surface area (Å²) in [5.41, 5.74) is 3.14. The number of anilines is 2. The molecule has 0 saturated heterocycles. The standard InChI is InChI=1S/C23H23ClN2O4S/c1-15-11-16(2)13-17(12-15)25-23(27)21-14-20(9-10-22(21)24)31(28,29)26(3)18-5-7-19(30-4)8-6-18/h5-14H,1-4H3,(H,25,27). The molecule has 31 heavy (non-hydrogen) atoms. The second kappa shape index (κ2) is 8.99. The first kappa shape index (κ1) is 22.7. The molecule has 0 heterocycles. The number of ether oxygens (including phenoxy) is 1. The Kier molecular flexibility index (Phi) is 6.57. The van der Waals surface area contributed by atoms with Gasteiger partial charge in [0.05, 0.1) is 28.3 Å². The number of halogens is 1. The molecule has 0 saturated carbocycles. The molecule has 0 aliphatic carbocycles. The molecular weight excluding hydrogens is 436 g/mol. The summed E-state index contributed by atoms with van der Waals surface area (Å²) in [4.78, 5) is 12.8. The van der Waals surface area contributed by atoms with Crippen LogP contribution in [-0.4, -0.2) is 28.5 Å². The fraction of sp³-hybridized carbons (Fsp3) is 0.174. The number of benzene rings is 3. The van der Waals surface area contributed by atoms with Crippen molar-refractivity contribution in [1.29, 1.82) is 0 Å². The number of rotatable bonds is 6. The van der Waals surface area contributed by atoms with Gasteiger partial charge >= 0.3 is 0 Å². The van der Waals surface area contributed by atoms with Crippen molar-refractivity contribution in [2.75, 3.05) is 23.8 Å². The largest absolute Gasteiger partial charge is 0.497 e. The van der Waals surface area contributed by atoms with Crippen LogP contribution in [0.4, 0.5) is 11.4 Å². The van der Waals surface area contributed by atoms with Crippen LogP contribution >= 0.6 is 11.6 Å². The Morgan fingerprint density at radius 1 is 0.968 bits per heavy atom. The first-order valence-corrected chi connectivity index (χ1v) is 11.3. The number of sulfonamides is 1. The Morgan fingerprint density at radius 3 is 2.16 bits per heavy atom. The Morgan fingerprint density at radius 2 is 1.58 bits per heavy atom. The number of amides is 1. The van der Waals surface area contributed by atoms with Gasteiger partial charge in [-0.2, -0.15) is 0 Å². The summed E-state index contributed by atoms with van der Waals surface area (Å²) in [7, 11) is -0.936. The summed E-state index contributed by atoms with van der Waals surface area (Å²) in [6.07, 6.45) is 0. The van der Waals surface area contributed by atoms with Crippen LogP contribution in [0.3, 0.4) is 0 Å². The molecule has 6 nitrogen and oxygen atoms in total. The van der Waals surface area contributed by atoms with E-state index in [-0.39, 0.29) is 15.5 Å². The van der Waals surface area contributed by atoms with Gasteiger partial charge in [-0.25, -0.2) is 8.42 Å². The van der Waals surface area contributed by atoms with Crippen LogP contribution in [0.5, 0.6) is 5.75 Å². The second-order valence-corrected chi connectivity index (χ2v) is 9.52. The lowest BCUT2D eigenvalue weighted by atomic mass is 10.1. The van der Waals surface area contributed by atoms with Gasteiger partial charge < -0.3 is 10.1 Å². The van der Waals surface area contributed by atoms with Crippen LogP contribution in [0.1, 0.15) is 21.5 Å². The number of hydrogen-bond acceptors (Lipinski definition) is 4. The highest BCUT2D eigenvalue weighted by atomic mass is 35.5. The molecule has 0 aliphatic heterocycles. The first-order valence-electron chi connectivity index (χ1n) is 9.44. The zero-order chi connectivity index (χ0) is 22.8. The predicted molar refractivity (Wildman–Crippen MR) is 124 cm³/mol. The maximum atomic E-state index is 13.1. The number of methoxy groups -OCH3 is 1. The Labute approximate surface area is 187 Å². The number of hydrogen-bond donors (Lipinski definition) is 1. The third-order valence-corrected chi connectivity index (χ3v) is 6.87. The summed E-state index contributed by atoms with van der Waals surface area (Å²) in [5.74, 6) is 0.130. The van der Waals surface area contributed by atoms with Crippen LogP contribution < -0.4 is 14.4 Å². The van der Waals surface area contributed by atoms with Crippen molar-refractivity contribution in [3.05, 3.63) is 82.4 Å². The van der Waals surface area contributed by atoms with Gasteiger partial charge in [-0.3, -0.25) is 9.10 Å². The third kappa shape index (κ3) is 5.00. The van der Waals surface area contributed by atoms with Crippen LogP contribution in [0.2, 0.25) is 5.02 Å². The zero-order valence-electron chi connectivity index (χ0n) is 17.6. The molecule has 3 aromatic carbocycles. The molecule has 0 radical (unpaired) electrons. The maximum absolute atomic E-state index is 13.1. The lowest BCUT2D eigenvalue weighted by Gasteiger charge is -2.20. The van der Waals surface area contributed by atoms with Gasteiger partial charge in [0.1, 0.15) is 5.75 Å². The quantitative estimate of drug-likeness (QED) is 0.561. The van der Waals surface area contributed by atoms with Gasteiger partial charge in [-0.1, -0.05) is 17.7 Å². The van der Waals surface area contributed by atoms with Gasteiger partial charge in [0.2, 0.25) is 0 Å². The Balaban J connectivity index is 1.92. The smallest absolute Gasteiger partial charge is 0.264 e. The van der Waals surface area contributed by atoms with Crippen molar-refractivity contribution in [1.82, 2.24) is 0 Å². The molecule has 8 heteroatoms. The topological polar surface area (TPSA) is 75.7 Å². The average Bonchev–Trinajstić information content (AvgIpc) is 2.72. The number of nitrogens with zero attached hydrogens (tertiary/aromatic N) is 1. The molecule has 3 aromatic rings. The molecule has 0 bridgehead atoms. The van der Waals surface area contributed by atoms with Crippen LogP contribution in [0.25, 0.3) is 0 Å². The van der Waals surface area contributed by atoms with Crippen molar-refractivity contribution in [3.8, 4) is 5.75 Å². The van der Waals surface area contributed by atoms with Crippen molar-refractivity contribution in [3.63, 3.8) is 0 Å². The minimum absolute atomic E-state index is 0.0409. The Hall–Kier alpha value is -3.03. The number of nitrogens with one attached hydrogen (secondary N) is 1. The van der Waals surface area contributed by atoms with E-state index >= 15 is 0 Å². The highest BCUT2D eigenvalue weighted by Gasteiger charge is 2.24. The summed E-state index contributed by atoms with van der Waals surface area (Å²) in [6, 6.07) is 16.4. The SMILES string of the molecule is COc1ccc(N(C)S(=O)(=O)c2ccc(Cl)c(C(=O)Nc3cc(C)cc(C)c3)c2)cc1. The van der Waals surface area contributed by atoms with E-state index in [1.807, 2.05) is 32.0 Å². The molecule has 0 aliphatic rings. The molecule has 0 spiro atoms. The first-order chi connectivity index (χ1) is 14.6. The zero-order valence-corrected chi connectivity index (χ0v) is 19.2. The van der Waals surface area contributed by atoms with E-state index in [1.165, 1.54) is 32.4 Å². The number of carbonyl (C=O) groups is 1. The molecule has 0 unspecified atom stereocenters. The molecule has 1 N–H and O–H groups in total. The molecule has 3 rings (SSSR count). The van der Waals surface area contributed by atoms with Crippen LogP contribution in [0, 0.1) is 13.8 Å². The molecule has 1 amide bonds. The van der Waals surface area contributed by atoms with Crippen LogP contribution in [-0.2, 0) is 10.0 Å². The predicted octanol–water partition coefficient (Wildman–Crippen LogP) is 5.04. The van der Waals surface area contributed by atoms with Crippen molar-refractivity contribution in [2.24, 2.45) is 0 Å². The third-order valence-electron chi connectivity index (χ3n) is 4.76. The van der Waals surface area contributed by atoms with E-state index in [0.717, 1.165) is 15.4 Å². The lowest BCUT2D eigenvalue weighted by Crippen LogP contribution is -2.27. The highest BCUT2D eigenvalue weighted by molar-refractivity contribution is 7.92. The average molecular weight is 459 g/mol. The summed E-state index contributed by atoms with van der Waals surface area (Å²) < 4.78 is 32.5. The molecule has 162 valence electrons. The summed E-state index contributed by atoms with van der Waals surface area (Å²) in [5, 5.41) is 2.95. The van der Waals surface area contributed by atoms with E-state index in [0.29, 0.717) is 17.1 Å². The number of carbonyl (C=O) groups excluding carboxylic acids is 1. The van der Waals surface area contributed by atoms with Crippen molar-refractivity contribution < 1.29 is 17.9 Å². The van der Waals surface area contributed by atoms with Gasteiger partial charge in [-0.15, -0.1) is 0 Å². The summed E-state index contributed by atoms with van der Waals surface area (Å²) in [6.45, 7) is 3.86. The van der Waals surface area contributed by atoms with Crippen molar-refractivity contribution >= 4 is 38.9 Å². The molecule has 0 fully saturated rings. The maximum Gasteiger partial charge on any atom is 0.264 e. The monoisotopic (exact) mass is 458 g/mol. The molecule has 0 aromatic heterocycles. The van der Waals surface area contributed by atoms with E-state index in [9.17, 15) is 13.2 Å². The minimum atomic E-state index is -3.92. The van der Waals surface area contributed by atoms with Gasteiger partial charge in [0, 0.05) is 12.7 Å². The van der Waals surface area contributed by atoms with Crippen LogP contribution in [0.15, 0.2) is 65.6 Å². The van der Waals surface area contributed by atoms with Gasteiger partial charge in [-0.05, 0) is 79.6 Å². The molecular formula is C23H23ClN2O4S. The normalized spacial score (nSPS) is 11.1. The van der Waals surface area contributed by atoms with Crippen molar-refractivity contribution in [2.45, 2.75) is 18.7 Å². The fourth-order valence-electron chi connectivity index (χ4n) is 3.17. The van der Waals surface area contributed by atoms with E-state index < -0.39 is 15.9 Å². The number of aryl methyl sites for hydroxylation is 2. The van der Waals surface area contributed by atoms with E-state index in [2.05, 4.69) is 5.32 Å². The fourth-order valence-corrected chi connectivity index (χ4v) is 4.60. The van der Waals surface area contributed by atoms with Gasteiger partial charge in [0.25, 0.3) is 15.9 Å².